The smallest absolute Gasteiger partial charge is 0.292 e. The van der Waals surface area contributed by atoms with E-state index in [0.29, 0.717) is 44.4 Å². The SMILES string of the molecule is CC1=C(C(=O)N2CCO[C@@H](CCCc3ccccc3)C2)OCCO1. The van der Waals surface area contributed by atoms with Crippen molar-refractivity contribution in [2.45, 2.75) is 32.3 Å². The highest BCUT2D eigenvalue weighted by molar-refractivity contribution is 5.92. The second-order valence-corrected chi connectivity index (χ2v) is 6.20. The molecule has 130 valence electrons. The van der Waals surface area contributed by atoms with Crippen LogP contribution in [0.5, 0.6) is 0 Å². The van der Waals surface area contributed by atoms with Crippen molar-refractivity contribution >= 4 is 5.91 Å². The Kier molecular flexibility index (Phi) is 5.75. The van der Waals surface area contributed by atoms with Gasteiger partial charge in [-0.05, 0) is 31.7 Å². The monoisotopic (exact) mass is 331 g/mol. The molecule has 0 aromatic heterocycles. The average molecular weight is 331 g/mol. The van der Waals surface area contributed by atoms with E-state index in [1.807, 2.05) is 11.0 Å². The van der Waals surface area contributed by atoms with Crippen LogP contribution in [-0.4, -0.2) is 49.8 Å². The zero-order valence-corrected chi connectivity index (χ0v) is 14.2. The first kappa shape index (κ1) is 16.8. The lowest BCUT2D eigenvalue weighted by Gasteiger charge is -2.34. The topological polar surface area (TPSA) is 48.0 Å². The van der Waals surface area contributed by atoms with Gasteiger partial charge in [0.25, 0.3) is 5.91 Å². The summed E-state index contributed by atoms with van der Waals surface area (Å²) in [6, 6.07) is 10.5. The molecule has 0 bridgehead atoms. The molecule has 1 aromatic rings. The number of aryl methyl sites for hydroxylation is 1. The van der Waals surface area contributed by atoms with Gasteiger partial charge in [-0.3, -0.25) is 4.79 Å². The van der Waals surface area contributed by atoms with Crippen molar-refractivity contribution in [1.29, 1.82) is 0 Å². The molecule has 1 amide bonds. The Bertz CT molecular complexity index is 584. The van der Waals surface area contributed by atoms with Crippen molar-refractivity contribution in [3.05, 3.63) is 47.4 Å². The summed E-state index contributed by atoms with van der Waals surface area (Å²) in [6.45, 7) is 4.53. The Hall–Kier alpha value is -2.01. The summed E-state index contributed by atoms with van der Waals surface area (Å²) in [6.07, 6.45) is 3.14. The van der Waals surface area contributed by atoms with E-state index < -0.39 is 0 Å². The molecule has 0 unspecified atom stereocenters. The number of allylic oxidation sites excluding steroid dienone is 1. The molecule has 0 aliphatic carbocycles. The lowest BCUT2D eigenvalue weighted by Crippen LogP contribution is -2.47. The van der Waals surface area contributed by atoms with Gasteiger partial charge in [0, 0.05) is 13.1 Å². The normalized spacial score (nSPS) is 21.2. The van der Waals surface area contributed by atoms with E-state index in [0.717, 1.165) is 19.3 Å². The van der Waals surface area contributed by atoms with Gasteiger partial charge in [0.2, 0.25) is 5.76 Å². The first-order valence-electron chi connectivity index (χ1n) is 8.65. The van der Waals surface area contributed by atoms with Crippen molar-refractivity contribution in [3.63, 3.8) is 0 Å². The van der Waals surface area contributed by atoms with E-state index >= 15 is 0 Å². The van der Waals surface area contributed by atoms with Crippen LogP contribution in [0.4, 0.5) is 0 Å². The number of rotatable bonds is 5. The fourth-order valence-electron chi connectivity index (χ4n) is 3.12. The first-order valence-corrected chi connectivity index (χ1v) is 8.65. The predicted octanol–water partition coefficient (Wildman–Crippen LogP) is 2.52. The summed E-state index contributed by atoms with van der Waals surface area (Å²) >= 11 is 0. The molecule has 0 saturated carbocycles. The van der Waals surface area contributed by atoms with Crippen LogP contribution in [0.2, 0.25) is 0 Å². The molecule has 1 fully saturated rings. The highest BCUT2D eigenvalue weighted by atomic mass is 16.6. The van der Waals surface area contributed by atoms with Crippen molar-refractivity contribution in [1.82, 2.24) is 4.90 Å². The summed E-state index contributed by atoms with van der Waals surface area (Å²) in [5.74, 6) is 0.855. The number of nitrogens with zero attached hydrogens (tertiary/aromatic N) is 1. The van der Waals surface area contributed by atoms with Crippen molar-refractivity contribution in [3.8, 4) is 0 Å². The molecule has 2 heterocycles. The average Bonchev–Trinajstić information content (AvgIpc) is 2.63. The van der Waals surface area contributed by atoms with Crippen LogP contribution in [0.3, 0.4) is 0 Å². The molecular weight excluding hydrogens is 306 g/mol. The maximum atomic E-state index is 12.6. The standard InChI is InChI=1S/C19H25NO4/c1-15-18(24-13-12-22-15)19(21)20-10-11-23-17(14-20)9-5-8-16-6-3-2-4-7-16/h2-4,6-7,17H,5,8-14H2,1H3/t17-/m0/s1. The molecule has 0 N–H and O–H groups in total. The lowest BCUT2D eigenvalue weighted by molar-refractivity contribution is -0.140. The number of carbonyl (C=O) groups is 1. The Labute approximate surface area is 143 Å². The third-order valence-electron chi connectivity index (χ3n) is 4.42. The molecule has 3 rings (SSSR count). The van der Waals surface area contributed by atoms with Crippen molar-refractivity contribution < 1.29 is 19.0 Å². The van der Waals surface area contributed by atoms with Gasteiger partial charge in [-0.1, -0.05) is 30.3 Å². The van der Waals surface area contributed by atoms with Gasteiger partial charge in [0.15, 0.2) is 0 Å². The quantitative estimate of drug-likeness (QED) is 0.832. The van der Waals surface area contributed by atoms with Crippen LogP contribution in [0.1, 0.15) is 25.3 Å². The third kappa shape index (κ3) is 4.29. The van der Waals surface area contributed by atoms with Crippen molar-refractivity contribution in [2.24, 2.45) is 0 Å². The zero-order valence-electron chi connectivity index (χ0n) is 14.2. The van der Waals surface area contributed by atoms with Crippen LogP contribution in [-0.2, 0) is 25.4 Å². The van der Waals surface area contributed by atoms with Gasteiger partial charge in [0.05, 0.1) is 12.7 Å². The summed E-state index contributed by atoms with van der Waals surface area (Å²) in [7, 11) is 0. The second kappa shape index (κ2) is 8.20. The number of morpholine rings is 1. The van der Waals surface area contributed by atoms with Gasteiger partial charge in [0.1, 0.15) is 19.0 Å². The van der Waals surface area contributed by atoms with Gasteiger partial charge in [-0.25, -0.2) is 0 Å². The van der Waals surface area contributed by atoms with Crippen LogP contribution in [0, 0.1) is 0 Å². The second-order valence-electron chi connectivity index (χ2n) is 6.20. The number of hydrogen-bond acceptors (Lipinski definition) is 4. The Morgan fingerprint density at radius 2 is 1.96 bits per heavy atom. The molecule has 5 heteroatoms. The van der Waals surface area contributed by atoms with Gasteiger partial charge in [-0.15, -0.1) is 0 Å². The van der Waals surface area contributed by atoms with Gasteiger partial charge < -0.3 is 19.1 Å². The molecule has 2 aliphatic rings. The minimum absolute atomic E-state index is 0.0800. The summed E-state index contributed by atoms with van der Waals surface area (Å²) in [5.41, 5.74) is 1.34. The summed E-state index contributed by atoms with van der Waals surface area (Å²) in [4.78, 5) is 14.4. The number of ether oxygens (including phenoxy) is 3. The maximum absolute atomic E-state index is 12.6. The van der Waals surface area contributed by atoms with E-state index in [-0.39, 0.29) is 12.0 Å². The number of hydrogen-bond donors (Lipinski definition) is 0. The van der Waals surface area contributed by atoms with Gasteiger partial charge in [-0.2, -0.15) is 0 Å². The molecule has 1 atom stereocenters. The van der Waals surface area contributed by atoms with E-state index in [1.165, 1.54) is 5.56 Å². The van der Waals surface area contributed by atoms with Gasteiger partial charge >= 0.3 is 0 Å². The highest BCUT2D eigenvalue weighted by Crippen LogP contribution is 2.19. The predicted molar refractivity (Wildman–Crippen MR) is 90.3 cm³/mol. The van der Waals surface area contributed by atoms with Crippen LogP contribution < -0.4 is 0 Å². The van der Waals surface area contributed by atoms with E-state index in [9.17, 15) is 4.79 Å². The third-order valence-corrected chi connectivity index (χ3v) is 4.42. The Morgan fingerprint density at radius 1 is 1.17 bits per heavy atom. The number of carbonyl (C=O) groups excluding carboxylic acids is 1. The van der Waals surface area contributed by atoms with Crippen LogP contribution in [0.25, 0.3) is 0 Å². The van der Waals surface area contributed by atoms with Crippen molar-refractivity contribution in [2.75, 3.05) is 32.9 Å². The molecule has 24 heavy (non-hydrogen) atoms. The van der Waals surface area contributed by atoms with E-state index in [2.05, 4.69) is 24.3 Å². The summed E-state index contributed by atoms with van der Waals surface area (Å²) < 4.78 is 16.7. The van der Waals surface area contributed by atoms with Crippen LogP contribution >= 0.6 is 0 Å². The molecule has 0 radical (unpaired) electrons. The minimum Gasteiger partial charge on any atom is -0.491 e. The van der Waals surface area contributed by atoms with E-state index in [1.54, 1.807) is 6.92 Å². The molecule has 1 aromatic carbocycles. The molecule has 1 saturated heterocycles. The molecule has 5 nitrogen and oxygen atoms in total. The number of benzene rings is 1. The Morgan fingerprint density at radius 3 is 2.75 bits per heavy atom. The van der Waals surface area contributed by atoms with Crippen LogP contribution in [0.15, 0.2) is 41.9 Å². The fourth-order valence-corrected chi connectivity index (χ4v) is 3.12. The van der Waals surface area contributed by atoms with E-state index in [4.69, 9.17) is 14.2 Å². The zero-order chi connectivity index (χ0) is 16.8. The highest BCUT2D eigenvalue weighted by Gasteiger charge is 2.29. The Balaban J connectivity index is 1.50. The number of amides is 1. The molecular formula is C19H25NO4. The summed E-state index contributed by atoms with van der Waals surface area (Å²) in [5, 5.41) is 0. The minimum atomic E-state index is -0.0800. The first-order chi connectivity index (χ1) is 11.7. The molecule has 2 aliphatic heterocycles. The maximum Gasteiger partial charge on any atom is 0.292 e. The fraction of sp³-hybridized carbons (Fsp3) is 0.526. The lowest BCUT2D eigenvalue weighted by atomic mass is 10.0. The largest absolute Gasteiger partial charge is 0.491 e. The molecule has 0 spiro atoms.